The molecule has 7 nitrogen and oxygen atoms in total. The van der Waals surface area contributed by atoms with Gasteiger partial charge in [-0.1, -0.05) is 24.3 Å². The van der Waals surface area contributed by atoms with Crippen LogP contribution in [0.2, 0.25) is 0 Å². The zero-order chi connectivity index (χ0) is 19.6. The van der Waals surface area contributed by atoms with Crippen LogP contribution in [0.4, 0.5) is 10.1 Å². The largest absolute Gasteiger partial charge is 0.454 e. The number of benzene rings is 1. The predicted molar refractivity (Wildman–Crippen MR) is 92.7 cm³/mol. The topological polar surface area (TPSA) is 92.8 Å². The number of anilines is 1. The van der Waals surface area contributed by atoms with Crippen LogP contribution in [0.15, 0.2) is 36.4 Å². The molecule has 0 unspecified atom stereocenters. The number of halogens is 1. The van der Waals surface area contributed by atoms with Crippen molar-refractivity contribution in [1.82, 2.24) is 4.90 Å². The van der Waals surface area contributed by atoms with Gasteiger partial charge < -0.3 is 10.1 Å². The molecule has 27 heavy (non-hydrogen) atoms. The number of allylic oxidation sites excluding steroid dienone is 2. The highest BCUT2D eigenvalue weighted by Crippen LogP contribution is 2.36. The van der Waals surface area contributed by atoms with Gasteiger partial charge in [0.2, 0.25) is 11.8 Å². The Morgan fingerprint density at radius 3 is 2.37 bits per heavy atom. The van der Waals surface area contributed by atoms with E-state index in [1.807, 2.05) is 12.2 Å². The molecule has 1 heterocycles. The van der Waals surface area contributed by atoms with Crippen molar-refractivity contribution in [1.29, 1.82) is 0 Å². The molecule has 3 atom stereocenters. The Kier molecular flexibility index (Phi) is 5.34. The van der Waals surface area contributed by atoms with Crippen molar-refractivity contribution in [2.75, 3.05) is 11.9 Å². The van der Waals surface area contributed by atoms with Gasteiger partial charge in [-0.05, 0) is 31.9 Å². The van der Waals surface area contributed by atoms with Crippen LogP contribution in [0, 0.1) is 17.7 Å². The van der Waals surface area contributed by atoms with Crippen LogP contribution in [0.1, 0.15) is 19.8 Å². The molecule has 0 saturated carbocycles. The summed E-state index contributed by atoms with van der Waals surface area (Å²) in [5.41, 5.74) is -0.0342. The first kappa shape index (κ1) is 18.8. The van der Waals surface area contributed by atoms with Crippen LogP contribution in [0.25, 0.3) is 0 Å². The van der Waals surface area contributed by atoms with Gasteiger partial charge in [0.05, 0.1) is 17.5 Å². The van der Waals surface area contributed by atoms with E-state index in [-0.39, 0.29) is 5.69 Å². The molecule has 142 valence electrons. The minimum absolute atomic E-state index is 0.0342. The fourth-order valence-corrected chi connectivity index (χ4v) is 3.32. The summed E-state index contributed by atoms with van der Waals surface area (Å²) >= 11 is 0. The standard InChI is InChI=1S/C19H19FN2O5/c1-11(22-17(24)12-6-2-3-7-13(12)18(22)25)19(26)27-10-16(23)21-15-9-5-4-8-14(15)20/h2-5,8-9,11-13H,6-7,10H2,1H3,(H,21,23)/t11-,12-,13+/m0/s1. The summed E-state index contributed by atoms with van der Waals surface area (Å²) in [6.07, 6.45) is 4.65. The highest BCUT2D eigenvalue weighted by Gasteiger charge is 2.50. The second-order valence-electron chi connectivity index (χ2n) is 6.51. The summed E-state index contributed by atoms with van der Waals surface area (Å²) < 4.78 is 18.4. The molecule has 8 heteroatoms. The Morgan fingerprint density at radius 1 is 1.19 bits per heavy atom. The number of esters is 1. The Morgan fingerprint density at radius 2 is 1.78 bits per heavy atom. The first-order valence-corrected chi connectivity index (χ1v) is 8.63. The molecule has 0 spiro atoms. The number of likely N-dealkylation sites (tertiary alicyclic amines) is 1. The van der Waals surface area contributed by atoms with Gasteiger partial charge in [0.15, 0.2) is 6.61 Å². The van der Waals surface area contributed by atoms with Crippen molar-refractivity contribution in [3.05, 3.63) is 42.2 Å². The van der Waals surface area contributed by atoms with Crippen molar-refractivity contribution in [2.45, 2.75) is 25.8 Å². The lowest BCUT2D eigenvalue weighted by Gasteiger charge is -2.21. The number of para-hydroxylation sites is 1. The van der Waals surface area contributed by atoms with E-state index >= 15 is 0 Å². The quantitative estimate of drug-likeness (QED) is 0.481. The van der Waals surface area contributed by atoms with Crippen LogP contribution >= 0.6 is 0 Å². The lowest BCUT2D eigenvalue weighted by Crippen LogP contribution is -2.45. The van der Waals surface area contributed by atoms with Crippen LogP contribution in [-0.2, 0) is 23.9 Å². The Hall–Kier alpha value is -3.03. The summed E-state index contributed by atoms with van der Waals surface area (Å²) in [6.45, 7) is 0.736. The zero-order valence-corrected chi connectivity index (χ0v) is 14.7. The second kappa shape index (κ2) is 7.69. The predicted octanol–water partition coefficient (Wildman–Crippen LogP) is 1.65. The third kappa shape index (κ3) is 3.74. The number of carbonyl (C=O) groups excluding carboxylic acids is 4. The third-order valence-electron chi connectivity index (χ3n) is 4.76. The maximum Gasteiger partial charge on any atom is 0.329 e. The van der Waals surface area contributed by atoms with Crippen LogP contribution in [0.3, 0.4) is 0 Å². The number of nitrogens with zero attached hydrogens (tertiary/aromatic N) is 1. The maximum absolute atomic E-state index is 13.5. The van der Waals surface area contributed by atoms with E-state index in [0.717, 1.165) is 4.90 Å². The number of nitrogens with one attached hydrogen (secondary N) is 1. The van der Waals surface area contributed by atoms with Crippen LogP contribution < -0.4 is 5.32 Å². The molecule has 1 N–H and O–H groups in total. The van der Waals surface area contributed by atoms with E-state index in [9.17, 15) is 23.6 Å². The van der Waals surface area contributed by atoms with E-state index < -0.39 is 54.0 Å². The minimum Gasteiger partial charge on any atom is -0.454 e. The van der Waals surface area contributed by atoms with Gasteiger partial charge in [-0.25, -0.2) is 9.18 Å². The van der Waals surface area contributed by atoms with Gasteiger partial charge in [-0.3, -0.25) is 19.3 Å². The smallest absolute Gasteiger partial charge is 0.329 e. The average molecular weight is 374 g/mol. The molecular formula is C19H19FN2O5. The average Bonchev–Trinajstić information content (AvgIpc) is 2.92. The first-order chi connectivity index (χ1) is 12.9. The number of carbonyl (C=O) groups is 4. The maximum atomic E-state index is 13.5. The SMILES string of the molecule is C[C@@H](C(=O)OCC(=O)Nc1ccccc1F)N1C(=O)[C@H]2CC=CC[C@H]2C1=O. The normalized spacial score (nSPS) is 22.4. The van der Waals surface area contributed by atoms with Gasteiger partial charge in [-0.2, -0.15) is 0 Å². The number of imide groups is 1. The molecular weight excluding hydrogens is 355 g/mol. The third-order valence-corrected chi connectivity index (χ3v) is 4.76. The zero-order valence-electron chi connectivity index (χ0n) is 14.7. The summed E-state index contributed by atoms with van der Waals surface area (Å²) in [4.78, 5) is 49.9. The Bertz CT molecular complexity index is 796. The van der Waals surface area contributed by atoms with Crippen molar-refractivity contribution in [3.8, 4) is 0 Å². The molecule has 0 bridgehead atoms. The number of hydrogen-bond donors (Lipinski definition) is 1. The van der Waals surface area contributed by atoms with Gasteiger partial charge in [0.1, 0.15) is 11.9 Å². The molecule has 3 rings (SSSR count). The fourth-order valence-electron chi connectivity index (χ4n) is 3.32. The Balaban J connectivity index is 1.56. The number of fused-ring (bicyclic) bond motifs is 1. The summed E-state index contributed by atoms with van der Waals surface area (Å²) in [5.74, 6) is -3.88. The number of hydrogen-bond acceptors (Lipinski definition) is 5. The molecule has 1 saturated heterocycles. The van der Waals surface area contributed by atoms with Crippen molar-refractivity contribution in [2.24, 2.45) is 11.8 Å². The van der Waals surface area contributed by atoms with Crippen LogP contribution in [-0.4, -0.2) is 41.2 Å². The molecule has 2 aliphatic rings. The molecule has 1 fully saturated rings. The van der Waals surface area contributed by atoms with Crippen molar-refractivity contribution in [3.63, 3.8) is 0 Å². The summed E-state index contributed by atoms with van der Waals surface area (Å²) in [5, 5.41) is 2.29. The molecule has 0 radical (unpaired) electrons. The van der Waals surface area contributed by atoms with Crippen molar-refractivity contribution < 1.29 is 28.3 Å². The first-order valence-electron chi connectivity index (χ1n) is 8.63. The molecule has 1 aliphatic heterocycles. The number of rotatable bonds is 5. The van der Waals surface area contributed by atoms with Crippen LogP contribution in [0.5, 0.6) is 0 Å². The summed E-state index contributed by atoms with van der Waals surface area (Å²) in [7, 11) is 0. The molecule has 0 aromatic heterocycles. The highest BCUT2D eigenvalue weighted by molar-refractivity contribution is 6.08. The van der Waals surface area contributed by atoms with E-state index in [0.29, 0.717) is 12.8 Å². The fraction of sp³-hybridized carbons (Fsp3) is 0.368. The Labute approximate surface area is 155 Å². The van der Waals surface area contributed by atoms with E-state index in [1.165, 1.54) is 25.1 Å². The molecule has 1 aliphatic carbocycles. The number of ether oxygens (including phenoxy) is 1. The highest BCUT2D eigenvalue weighted by atomic mass is 19.1. The lowest BCUT2D eigenvalue weighted by molar-refractivity contribution is -0.159. The van der Waals surface area contributed by atoms with E-state index in [4.69, 9.17) is 4.74 Å². The second-order valence-corrected chi connectivity index (χ2v) is 6.51. The van der Waals surface area contributed by atoms with Gasteiger partial charge >= 0.3 is 5.97 Å². The molecule has 1 aromatic rings. The van der Waals surface area contributed by atoms with Gasteiger partial charge in [0, 0.05) is 0 Å². The summed E-state index contributed by atoms with van der Waals surface area (Å²) in [6, 6.07) is 4.45. The minimum atomic E-state index is -1.13. The number of amides is 3. The lowest BCUT2D eigenvalue weighted by atomic mass is 9.85. The molecule has 3 amide bonds. The monoisotopic (exact) mass is 374 g/mol. The van der Waals surface area contributed by atoms with Crippen molar-refractivity contribution >= 4 is 29.4 Å². The van der Waals surface area contributed by atoms with Gasteiger partial charge in [-0.15, -0.1) is 0 Å². The van der Waals surface area contributed by atoms with Gasteiger partial charge in [0.25, 0.3) is 5.91 Å². The van der Waals surface area contributed by atoms with E-state index in [1.54, 1.807) is 6.07 Å². The van der Waals surface area contributed by atoms with E-state index in [2.05, 4.69) is 5.32 Å². The molecule has 1 aromatic carbocycles.